The van der Waals surface area contributed by atoms with Crippen molar-refractivity contribution in [1.82, 2.24) is 4.90 Å². The van der Waals surface area contributed by atoms with Gasteiger partial charge in [-0.05, 0) is 32.7 Å². The lowest BCUT2D eigenvalue weighted by molar-refractivity contribution is 0.105. The minimum absolute atomic E-state index is 0.0694. The number of halogens is 3. The van der Waals surface area contributed by atoms with E-state index < -0.39 is 18.3 Å². The largest absolute Gasteiger partial charge is 0.462 e. The van der Waals surface area contributed by atoms with E-state index in [1.165, 1.54) is 6.92 Å². The van der Waals surface area contributed by atoms with Gasteiger partial charge in [0.05, 0.1) is 11.3 Å². The molecule has 0 N–H and O–H groups in total. The Morgan fingerprint density at radius 3 is 2.87 bits per heavy atom. The van der Waals surface area contributed by atoms with Gasteiger partial charge in [0, 0.05) is 13.0 Å². The molecule has 2 fully saturated rings. The van der Waals surface area contributed by atoms with Gasteiger partial charge in [-0.15, -0.1) is 0 Å². The molecule has 2 rings (SSSR count). The number of allylic oxidation sites excluding steroid dienone is 1. The van der Waals surface area contributed by atoms with Crippen LogP contribution in [0.25, 0.3) is 0 Å². The third-order valence-electron chi connectivity index (χ3n) is 4.40. The van der Waals surface area contributed by atoms with Crippen LogP contribution in [0.5, 0.6) is 0 Å². The van der Waals surface area contributed by atoms with Crippen LogP contribution in [0.1, 0.15) is 39.5 Å². The van der Waals surface area contributed by atoms with Crippen molar-refractivity contribution in [2.24, 2.45) is 9.98 Å². The third-order valence-corrected chi connectivity index (χ3v) is 4.40. The molecule has 23 heavy (non-hydrogen) atoms. The molecule has 130 valence electrons. The fraction of sp³-hybridized carbons (Fsp3) is 0.750. The molecule has 0 aromatic carbocycles. The Balaban J connectivity index is 2.11. The monoisotopic (exact) mass is 331 g/mol. The van der Waals surface area contributed by atoms with Gasteiger partial charge in [0.2, 0.25) is 0 Å². The first kappa shape index (κ1) is 18.0. The average Bonchev–Trinajstić information content (AvgIpc) is 2.96. The molecule has 0 aromatic heterocycles. The quantitative estimate of drug-likeness (QED) is 0.439. The molecule has 0 radical (unpaired) electrons. The third kappa shape index (κ3) is 4.34. The van der Waals surface area contributed by atoms with Gasteiger partial charge in [0.15, 0.2) is 6.30 Å². The summed E-state index contributed by atoms with van der Waals surface area (Å²) < 4.78 is 45.8. The molecule has 0 bridgehead atoms. The number of hydrogen-bond donors (Lipinski definition) is 0. The summed E-state index contributed by atoms with van der Waals surface area (Å²) in [4.78, 5) is 9.68. The smallest absolute Gasteiger partial charge is 0.314 e. The van der Waals surface area contributed by atoms with Gasteiger partial charge in [-0.2, -0.15) is 9.98 Å². The van der Waals surface area contributed by atoms with Crippen molar-refractivity contribution in [3.05, 3.63) is 12.4 Å². The van der Waals surface area contributed by atoms with E-state index in [2.05, 4.69) is 21.5 Å². The molecule has 2 aliphatic rings. The first-order valence-electron chi connectivity index (χ1n) is 8.02. The van der Waals surface area contributed by atoms with E-state index in [0.717, 1.165) is 19.4 Å². The second-order valence-electron chi connectivity index (χ2n) is 6.17. The van der Waals surface area contributed by atoms with Gasteiger partial charge in [-0.3, -0.25) is 4.90 Å². The van der Waals surface area contributed by atoms with Gasteiger partial charge in [0.25, 0.3) is 0 Å². The Labute approximate surface area is 135 Å². The lowest BCUT2D eigenvalue weighted by Crippen LogP contribution is -2.43. The van der Waals surface area contributed by atoms with Crippen LogP contribution < -0.4 is 0 Å². The summed E-state index contributed by atoms with van der Waals surface area (Å²) in [7, 11) is 0. The number of alkyl halides is 2. The van der Waals surface area contributed by atoms with Crippen molar-refractivity contribution in [2.45, 2.75) is 57.5 Å². The SMILES string of the molecule is C=C(F)/C(CC)=N/C(=N\C(C)F)OCC12CCCN1C[C@H](F)C2. The second-order valence-corrected chi connectivity index (χ2v) is 6.17. The van der Waals surface area contributed by atoms with Crippen molar-refractivity contribution in [2.75, 3.05) is 19.7 Å². The zero-order valence-corrected chi connectivity index (χ0v) is 13.7. The highest BCUT2D eigenvalue weighted by Gasteiger charge is 2.49. The summed E-state index contributed by atoms with van der Waals surface area (Å²) in [5.41, 5.74) is -0.311. The summed E-state index contributed by atoms with van der Waals surface area (Å²) in [6, 6.07) is -0.209. The fourth-order valence-corrected chi connectivity index (χ4v) is 3.35. The maximum atomic E-state index is 13.7. The Morgan fingerprint density at radius 1 is 1.52 bits per heavy atom. The van der Waals surface area contributed by atoms with Crippen LogP contribution in [0, 0.1) is 0 Å². The standard InChI is InChI=1S/C16H24F3N3O/c1-4-14(11(2)17)21-15(20-12(3)18)23-10-16-6-5-7-22(16)9-13(19)8-16/h12-13H,2,4-10H2,1,3H3/b20-15+,21-14+/t12?,13-,16?/m1/s1. The molecule has 0 saturated carbocycles. The zero-order chi connectivity index (χ0) is 17.0. The van der Waals surface area contributed by atoms with Crippen LogP contribution in [0.15, 0.2) is 22.4 Å². The molecule has 2 saturated heterocycles. The number of hydrogen-bond acceptors (Lipinski definition) is 3. The summed E-state index contributed by atoms with van der Waals surface area (Å²) in [6.07, 6.45) is 0.0984. The summed E-state index contributed by atoms with van der Waals surface area (Å²) >= 11 is 0. The second kappa shape index (κ2) is 7.47. The first-order chi connectivity index (χ1) is 10.9. The molecule has 4 nitrogen and oxygen atoms in total. The van der Waals surface area contributed by atoms with E-state index in [4.69, 9.17) is 4.74 Å². The van der Waals surface area contributed by atoms with Crippen LogP contribution in [-0.2, 0) is 4.74 Å². The molecule has 0 aliphatic carbocycles. The number of amidine groups is 1. The highest BCUT2D eigenvalue weighted by molar-refractivity contribution is 6.03. The summed E-state index contributed by atoms with van der Waals surface area (Å²) in [5, 5.41) is 0. The average molecular weight is 331 g/mol. The Hall–Kier alpha value is -1.37. The highest BCUT2D eigenvalue weighted by Crippen LogP contribution is 2.40. The van der Waals surface area contributed by atoms with Crippen LogP contribution >= 0.6 is 0 Å². The lowest BCUT2D eigenvalue weighted by Gasteiger charge is -2.31. The number of nitrogens with zero attached hydrogens (tertiary/aromatic N) is 3. The molecule has 0 amide bonds. The number of ether oxygens (including phenoxy) is 1. The normalized spacial score (nSPS) is 30.4. The molecule has 3 atom stereocenters. The zero-order valence-electron chi connectivity index (χ0n) is 13.7. The van der Waals surface area contributed by atoms with Crippen LogP contribution in [0.2, 0.25) is 0 Å². The van der Waals surface area contributed by atoms with E-state index in [1.807, 2.05) is 0 Å². The Bertz CT molecular complexity index is 507. The number of fused-ring (bicyclic) bond motifs is 1. The van der Waals surface area contributed by atoms with Crippen LogP contribution in [-0.4, -0.2) is 54.3 Å². The van der Waals surface area contributed by atoms with Crippen molar-refractivity contribution in [3.8, 4) is 0 Å². The van der Waals surface area contributed by atoms with Crippen molar-refractivity contribution < 1.29 is 17.9 Å². The van der Waals surface area contributed by atoms with E-state index in [1.54, 1.807) is 6.92 Å². The van der Waals surface area contributed by atoms with Crippen LogP contribution in [0.3, 0.4) is 0 Å². The molecular formula is C16H24F3N3O. The number of rotatable bonds is 5. The Kier molecular flexibility index (Phi) is 5.84. The topological polar surface area (TPSA) is 37.2 Å². The summed E-state index contributed by atoms with van der Waals surface area (Å²) in [6.45, 7) is 7.56. The van der Waals surface area contributed by atoms with Gasteiger partial charge in [-0.25, -0.2) is 13.2 Å². The molecule has 2 unspecified atom stereocenters. The maximum Gasteiger partial charge on any atom is 0.314 e. The Morgan fingerprint density at radius 2 is 2.26 bits per heavy atom. The predicted molar refractivity (Wildman–Crippen MR) is 85.0 cm³/mol. The van der Waals surface area contributed by atoms with Crippen molar-refractivity contribution in [3.63, 3.8) is 0 Å². The molecule has 0 spiro atoms. The van der Waals surface area contributed by atoms with Gasteiger partial charge >= 0.3 is 6.02 Å². The molecule has 2 aliphatic heterocycles. The van der Waals surface area contributed by atoms with Gasteiger partial charge in [0.1, 0.15) is 18.6 Å². The number of aliphatic imine (C=N–C) groups is 2. The minimum Gasteiger partial charge on any atom is -0.462 e. The van der Waals surface area contributed by atoms with Gasteiger partial charge in [-0.1, -0.05) is 13.5 Å². The van der Waals surface area contributed by atoms with E-state index in [0.29, 0.717) is 19.4 Å². The molecule has 2 heterocycles. The van der Waals surface area contributed by atoms with Crippen molar-refractivity contribution in [1.29, 1.82) is 0 Å². The molecular weight excluding hydrogens is 307 g/mol. The van der Waals surface area contributed by atoms with Crippen molar-refractivity contribution >= 4 is 11.7 Å². The fourth-order valence-electron chi connectivity index (χ4n) is 3.35. The van der Waals surface area contributed by atoms with E-state index in [9.17, 15) is 13.2 Å². The first-order valence-corrected chi connectivity index (χ1v) is 8.02. The van der Waals surface area contributed by atoms with Crippen LogP contribution in [0.4, 0.5) is 13.2 Å². The maximum absolute atomic E-state index is 13.7. The highest BCUT2D eigenvalue weighted by atomic mass is 19.1. The minimum atomic E-state index is -1.52. The van der Waals surface area contributed by atoms with Gasteiger partial charge < -0.3 is 4.74 Å². The van der Waals surface area contributed by atoms with E-state index >= 15 is 0 Å². The summed E-state index contributed by atoms with van der Waals surface area (Å²) in [5.74, 6) is -0.694. The van der Waals surface area contributed by atoms with E-state index in [-0.39, 0.29) is 23.9 Å². The molecule has 0 aromatic rings. The molecule has 7 heteroatoms. The lowest BCUT2D eigenvalue weighted by atomic mass is 9.95. The predicted octanol–water partition coefficient (Wildman–Crippen LogP) is 3.59.